The summed E-state index contributed by atoms with van der Waals surface area (Å²) in [5.74, 6) is 0.244. The molecule has 7 nitrogen and oxygen atoms in total. The van der Waals surface area contributed by atoms with E-state index < -0.39 is 0 Å². The molecule has 1 aliphatic carbocycles. The number of nitrogens with zero attached hydrogens (tertiary/aromatic N) is 3. The highest BCUT2D eigenvalue weighted by Crippen LogP contribution is 2.36. The fourth-order valence-electron chi connectivity index (χ4n) is 4.31. The fourth-order valence-corrected chi connectivity index (χ4v) is 4.57. The van der Waals surface area contributed by atoms with Crippen molar-refractivity contribution < 1.29 is 4.39 Å². The number of nitrogens with one attached hydrogen (secondary N) is 4. The van der Waals surface area contributed by atoms with Crippen LogP contribution in [0.3, 0.4) is 0 Å². The Kier molecular flexibility index (Phi) is 6.86. The highest BCUT2D eigenvalue weighted by atomic mass is 35.5. The molecule has 186 valence electrons. The van der Waals surface area contributed by atoms with Gasteiger partial charge < -0.3 is 16.1 Å². The Labute approximate surface area is 215 Å². The van der Waals surface area contributed by atoms with Crippen molar-refractivity contribution in [2.24, 2.45) is 5.92 Å². The van der Waals surface area contributed by atoms with Crippen LogP contribution in [-0.2, 0) is 0 Å². The maximum atomic E-state index is 13.7. The van der Waals surface area contributed by atoms with E-state index in [0.29, 0.717) is 28.1 Å². The van der Waals surface area contributed by atoms with Gasteiger partial charge in [-0.15, -0.1) is 5.53 Å². The standard InChI is InChI=1S/C27H29ClFN7/c1-16(2)9-10-31-25-18(13-30)14-32-27-22(25)11-20(12-23(27)28)33-26(17-3-5-19(29)6-4-17)24-15-36(35-34-24)21-7-8-21/h3-6,11-12,14-16,21,26,33-35H,7-10H2,1-2H3,(H,31,32). The van der Waals surface area contributed by atoms with Crippen LogP contribution in [0.25, 0.3) is 10.9 Å². The van der Waals surface area contributed by atoms with Crippen molar-refractivity contribution in [2.75, 3.05) is 17.2 Å². The molecule has 1 saturated carbocycles. The number of anilines is 2. The summed E-state index contributed by atoms with van der Waals surface area (Å²) in [5.41, 5.74) is 10.9. The van der Waals surface area contributed by atoms with Gasteiger partial charge in [0, 0.05) is 36.1 Å². The van der Waals surface area contributed by atoms with E-state index in [9.17, 15) is 9.65 Å². The predicted octanol–water partition coefficient (Wildman–Crippen LogP) is 5.84. The number of aromatic nitrogens is 1. The predicted molar refractivity (Wildman–Crippen MR) is 141 cm³/mol. The first-order valence-electron chi connectivity index (χ1n) is 12.2. The van der Waals surface area contributed by atoms with Crippen LogP contribution in [0, 0.1) is 23.1 Å². The Morgan fingerprint density at radius 3 is 2.72 bits per heavy atom. The van der Waals surface area contributed by atoms with Gasteiger partial charge in [-0.05, 0) is 55.0 Å². The number of benzene rings is 2. The first kappa shape index (κ1) is 24.2. The van der Waals surface area contributed by atoms with Crippen LogP contribution in [0.1, 0.15) is 50.3 Å². The lowest BCUT2D eigenvalue weighted by Crippen LogP contribution is -2.38. The second-order valence-corrected chi connectivity index (χ2v) is 10.1. The minimum Gasteiger partial charge on any atom is -0.383 e. The third kappa shape index (κ3) is 5.18. The number of nitriles is 1. The third-order valence-corrected chi connectivity index (χ3v) is 6.73. The summed E-state index contributed by atoms with van der Waals surface area (Å²) in [6.45, 7) is 5.06. The minimum absolute atomic E-state index is 0.287. The molecule has 0 saturated heterocycles. The van der Waals surface area contributed by atoms with Crippen LogP contribution in [0.4, 0.5) is 15.8 Å². The van der Waals surface area contributed by atoms with Crippen LogP contribution in [0.15, 0.2) is 54.5 Å². The largest absolute Gasteiger partial charge is 0.383 e. The third-order valence-electron chi connectivity index (χ3n) is 6.44. The summed E-state index contributed by atoms with van der Waals surface area (Å²) in [7, 11) is 0. The van der Waals surface area contributed by atoms with Crippen molar-refractivity contribution in [3.8, 4) is 6.07 Å². The molecule has 1 aliphatic heterocycles. The van der Waals surface area contributed by atoms with Gasteiger partial charge in [0.15, 0.2) is 0 Å². The molecule has 3 aromatic rings. The van der Waals surface area contributed by atoms with Gasteiger partial charge in [-0.2, -0.15) is 5.26 Å². The minimum atomic E-state index is -0.292. The summed E-state index contributed by atoms with van der Waals surface area (Å²) >= 11 is 6.68. The van der Waals surface area contributed by atoms with Crippen LogP contribution in [0.2, 0.25) is 5.02 Å². The second-order valence-electron chi connectivity index (χ2n) is 9.71. The van der Waals surface area contributed by atoms with E-state index >= 15 is 0 Å². The summed E-state index contributed by atoms with van der Waals surface area (Å²) in [6, 6.07) is 12.7. The Hall–Kier alpha value is -3.54. The second kappa shape index (κ2) is 10.2. The molecule has 1 unspecified atom stereocenters. The highest BCUT2D eigenvalue weighted by molar-refractivity contribution is 6.35. The fraction of sp³-hybridized carbons (Fsp3) is 0.333. The van der Waals surface area contributed by atoms with Crippen LogP contribution in [-0.4, -0.2) is 22.6 Å². The number of halogens is 2. The SMILES string of the molecule is CC(C)CCNc1c(C#N)cnc2c(Cl)cc(NC(C3=CN(C4CC4)NN3)c3ccc(F)cc3)cc12. The zero-order chi connectivity index (χ0) is 25.2. The van der Waals surface area contributed by atoms with E-state index in [0.717, 1.165) is 53.8 Å². The molecule has 2 aromatic carbocycles. The first-order chi connectivity index (χ1) is 17.4. The number of hydrogen-bond acceptors (Lipinski definition) is 7. The molecule has 0 radical (unpaired) electrons. The van der Waals surface area contributed by atoms with Crippen molar-refractivity contribution in [1.82, 2.24) is 21.0 Å². The molecule has 1 atom stereocenters. The number of hydrogen-bond donors (Lipinski definition) is 4. The Morgan fingerprint density at radius 2 is 2.03 bits per heavy atom. The molecule has 5 rings (SSSR count). The van der Waals surface area contributed by atoms with E-state index in [-0.39, 0.29) is 11.9 Å². The topological polar surface area (TPSA) is 88.0 Å². The molecular formula is C27H29ClFN7. The maximum absolute atomic E-state index is 13.7. The number of fused-ring (bicyclic) bond motifs is 1. The molecule has 4 N–H and O–H groups in total. The van der Waals surface area contributed by atoms with Gasteiger partial charge in [0.2, 0.25) is 0 Å². The van der Waals surface area contributed by atoms with E-state index in [1.165, 1.54) is 12.1 Å². The van der Waals surface area contributed by atoms with E-state index in [1.54, 1.807) is 18.3 Å². The van der Waals surface area contributed by atoms with Gasteiger partial charge in [-0.25, -0.2) is 4.39 Å². The van der Waals surface area contributed by atoms with E-state index in [4.69, 9.17) is 11.6 Å². The van der Waals surface area contributed by atoms with Gasteiger partial charge in [-0.1, -0.05) is 37.6 Å². The smallest absolute Gasteiger partial charge is 0.123 e. The first-order valence-corrected chi connectivity index (χ1v) is 12.6. The van der Waals surface area contributed by atoms with E-state index in [1.807, 2.05) is 12.1 Å². The van der Waals surface area contributed by atoms with Crippen molar-refractivity contribution in [2.45, 2.75) is 45.2 Å². The Bertz CT molecular complexity index is 1330. The molecule has 9 heteroatoms. The Morgan fingerprint density at radius 1 is 1.25 bits per heavy atom. The molecule has 1 aromatic heterocycles. The van der Waals surface area contributed by atoms with Crippen molar-refractivity contribution in [3.63, 3.8) is 0 Å². The number of rotatable bonds is 9. The van der Waals surface area contributed by atoms with Crippen LogP contribution < -0.4 is 21.6 Å². The summed E-state index contributed by atoms with van der Waals surface area (Å²) < 4.78 is 13.7. The lowest BCUT2D eigenvalue weighted by atomic mass is 10.0. The summed E-state index contributed by atoms with van der Waals surface area (Å²) in [4.78, 5) is 4.45. The van der Waals surface area contributed by atoms with Crippen LogP contribution in [0.5, 0.6) is 0 Å². The van der Waals surface area contributed by atoms with E-state index in [2.05, 4.69) is 57.7 Å². The molecule has 0 spiro atoms. The van der Waals surface area contributed by atoms with Gasteiger partial charge in [0.1, 0.15) is 11.9 Å². The lowest BCUT2D eigenvalue weighted by Gasteiger charge is -2.22. The molecule has 0 amide bonds. The number of hydrazine groups is 2. The molecule has 2 aliphatic rings. The average molecular weight is 506 g/mol. The van der Waals surface area contributed by atoms with Crippen LogP contribution >= 0.6 is 11.6 Å². The molecule has 36 heavy (non-hydrogen) atoms. The van der Waals surface area contributed by atoms with Gasteiger partial charge in [-0.3, -0.25) is 9.99 Å². The molecular weight excluding hydrogens is 477 g/mol. The van der Waals surface area contributed by atoms with Gasteiger partial charge in [0.25, 0.3) is 0 Å². The summed E-state index contributed by atoms with van der Waals surface area (Å²) in [5, 5.41) is 20.0. The monoisotopic (exact) mass is 505 g/mol. The molecule has 0 bridgehead atoms. The zero-order valence-electron chi connectivity index (χ0n) is 20.3. The van der Waals surface area contributed by atoms with Crippen molar-refractivity contribution in [3.05, 3.63) is 76.5 Å². The zero-order valence-corrected chi connectivity index (χ0v) is 21.0. The van der Waals surface area contributed by atoms with Gasteiger partial charge in [0.05, 0.1) is 33.5 Å². The molecule has 2 heterocycles. The average Bonchev–Trinajstić information content (AvgIpc) is 3.60. The molecule has 1 fully saturated rings. The maximum Gasteiger partial charge on any atom is 0.123 e. The quantitative estimate of drug-likeness (QED) is 0.290. The highest BCUT2D eigenvalue weighted by Gasteiger charge is 2.32. The number of pyridine rings is 1. The van der Waals surface area contributed by atoms with Crippen molar-refractivity contribution in [1.29, 1.82) is 5.26 Å². The van der Waals surface area contributed by atoms with Crippen molar-refractivity contribution >= 4 is 33.9 Å². The summed E-state index contributed by atoms with van der Waals surface area (Å²) in [6.07, 6.45) is 6.88. The Balaban J connectivity index is 1.52. The lowest BCUT2D eigenvalue weighted by molar-refractivity contribution is 0.260. The van der Waals surface area contributed by atoms with Gasteiger partial charge >= 0.3 is 0 Å². The normalized spacial score (nSPS) is 16.0.